The van der Waals surface area contributed by atoms with Crippen molar-refractivity contribution in [2.75, 3.05) is 0 Å². The van der Waals surface area contributed by atoms with Gasteiger partial charge in [-0.2, -0.15) is 8.78 Å². The van der Waals surface area contributed by atoms with Crippen LogP contribution in [0.3, 0.4) is 0 Å². The Bertz CT molecular complexity index is 341. The van der Waals surface area contributed by atoms with Gasteiger partial charge < -0.3 is 10.5 Å². The van der Waals surface area contributed by atoms with E-state index in [2.05, 4.69) is 4.74 Å². The fourth-order valence-electron chi connectivity index (χ4n) is 1.94. The van der Waals surface area contributed by atoms with Crippen LogP contribution in [0, 0.1) is 5.92 Å². The second-order valence-corrected chi connectivity index (χ2v) is 4.16. The first-order valence-electron chi connectivity index (χ1n) is 5.47. The molecule has 0 radical (unpaired) electrons. The minimum absolute atomic E-state index is 0. The summed E-state index contributed by atoms with van der Waals surface area (Å²) < 4.78 is 28.1. The van der Waals surface area contributed by atoms with Crippen molar-refractivity contribution in [3.05, 3.63) is 29.8 Å². The number of ether oxygens (including phenoxy) is 1. The highest BCUT2D eigenvalue weighted by Gasteiger charge is 2.25. The normalized spacial score (nSPS) is 17.2. The Hall–Kier alpha value is -0.870. The summed E-state index contributed by atoms with van der Waals surface area (Å²) in [6.45, 7) is -2.77. The molecule has 0 bridgehead atoms. The van der Waals surface area contributed by atoms with Crippen molar-refractivity contribution in [3.8, 4) is 5.75 Å². The maximum atomic E-state index is 11.9. The van der Waals surface area contributed by atoms with Gasteiger partial charge in [0.1, 0.15) is 5.75 Å². The highest BCUT2D eigenvalue weighted by atomic mass is 35.5. The van der Waals surface area contributed by atoms with E-state index >= 15 is 0 Å². The molecule has 2 rings (SSSR count). The summed E-state index contributed by atoms with van der Waals surface area (Å²) >= 11 is 0. The molecule has 1 saturated carbocycles. The summed E-state index contributed by atoms with van der Waals surface area (Å²) in [5.74, 6) is 0.724. The van der Waals surface area contributed by atoms with Gasteiger partial charge in [0.2, 0.25) is 0 Å². The molecule has 1 aromatic carbocycles. The third-order valence-electron chi connectivity index (χ3n) is 3.15. The molecule has 0 spiro atoms. The molecule has 1 aromatic rings. The highest BCUT2D eigenvalue weighted by Crippen LogP contribution is 2.36. The smallest absolute Gasteiger partial charge is 0.387 e. The minimum atomic E-state index is -2.77. The molecule has 17 heavy (non-hydrogen) atoms. The summed E-state index contributed by atoms with van der Waals surface area (Å²) in [6.07, 6.45) is 3.57. The standard InChI is InChI=1S/C12H15F2NO.ClH/c13-12(14)16-10-6-4-9(5-7-10)11(15)8-2-1-3-8;/h4-8,11-12H,1-3,15H2;1H/t11-;/m1./s1. The zero-order valence-corrected chi connectivity index (χ0v) is 10.1. The van der Waals surface area contributed by atoms with Gasteiger partial charge in [0.25, 0.3) is 0 Å². The van der Waals surface area contributed by atoms with Crippen LogP contribution in [0.1, 0.15) is 30.9 Å². The molecule has 0 aromatic heterocycles. The quantitative estimate of drug-likeness (QED) is 0.902. The number of nitrogens with two attached hydrogens (primary N) is 1. The number of benzene rings is 1. The maximum Gasteiger partial charge on any atom is 0.387 e. The largest absolute Gasteiger partial charge is 0.435 e. The Labute approximate surface area is 106 Å². The first kappa shape index (κ1) is 14.2. The van der Waals surface area contributed by atoms with Gasteiger partial charge in [-0.3, -0.25) is 0 Å². The van der Waals surface area contributed by atoms with Gasteiger partial charge in [-0.05, 0) is 36.5 Å². The fraction of sp³-hybridized carbons (Fsp3) is 0.500. The third-order valence-corrected chi connectivity index (χ3v) is 3.15. The molecule has 2 nitrogen and oxygen atoms in total. The molecule has 2 N–H and O–H groups in total. The predicted octanol–water partition coefficient (Wildman–Crippen LogP) is 3.51. The Morgan fingerprint density at radius 1 is 1.18 bits per heavy atom. The van der Waals surface area contributed by atoms with Crippen LogP contribution in [0.4, 0.5) is 8.78 Å². The van der Waals surface area contributed by atoms with Gasteiger partial charge in [-0.1, -0.05) is 18.6 Å². The van der Waals surface area contributed by atoms with Crippen LogP contribution in [0.15, 0.2) is 24.3 Å². The Morgan fingerprint density at radius 3 is 2.18 bits per heavy atom. The molecule has 5 heteroatoms. The first-order chi connectivity index (χ1) is 7.66. The second-order valence-electron chi connectivity index (χ2n) is 4.16. The van der Waals surface area contributed by atoms with E-state index in [-0.39, 0.29) is 24.2 Å². The van der Waals surface area contributed by atoms with Crippen molar-refractivity contribution in [2.24, 2.45) is 11.7 Å². The molecule has 0 amide bonds. The second kappa shape index (κ2) is 6.17. The van der Waals surface area contributed by atoms with E-state index in [1.807, 2.05) is 0 Å². The molecular formula is C12H16ClF2NO. The monoisotopic (exact) mass is 263 g/mol. The predicted molar refractivity (Wildman–Crippen MR) is 64.6 cm³/mol. The minimum Gasteiger partial charge on any atom is -0.435 e. The Kier molecular flexibility index (Phi) is 5.15. The lowest BCUT2D eigenvalue weighted by Gasteiger charge is -2.31. The van der Waals surface area contributed by atoms with Crippen LogP contribution in [0.5, 0.6) is 5.75 Å². The zero-order chi connectivity index (χ0) is 11.5. The molecule has 0 heterocycles. The number of hydrogen-bond acceptors (Lipinski definition) is 2. The molecule has 0 aliphatic heterocycles. The van der Waals surface area contributed by atoms with Crippen LogP contribution in [0.2, 0.25) is 0 Å². The topological polar surface area (TPSA) is 35.2 Å². The zero-order valence-electron chi connectivity index (χ0n) is 9.31. The van der Waals surface area contributed by atoms with Crippen LogP contribution >= 0.6 is 12.4 Å². The van der Waals surface area contributed by atoms with E-state index < -0.39 is 6.61 Å². The van der Waals surface area contributed by atoms with Crippen molar-refractivity contribution >= 4 is 12.4 Å². The number of hydrogen-bond donors (Lipinski definition) is 1. The van der Waals surface area contributed by atoms with Gasteiger partial charge in [0.15, 0.2) is 0 Å². The van der Waals surface area contributed by atoms with Gasteiger partial charge in [0, 0.05) is 6.04 Å². The number of rotatable bonds is 4. The molecule has 1 aliphatic carbocycles. The maximum absolute atomic E-state index is 11.9. The molecule has 1 fully saturated rings. The van der Waals surface area contributed by atoms with Gasteiger partial charge in [-0.25, -0.2) is 0 Å². The van der Waals surface area contributed by atoms with E-state index in [9.17, 15) is 8.78 Å². The Morgan fingerprint density at radius 2 is 1.76 bits per heavy atom. The lowest BCUT2D eigenvalue weighted by molar-refractivity contribution is -0.0498. The SMILES string of the molecule is Cl.N[C@@H](c1ccc(OC(F)F)cc1)C1CCC1. The van der Waals surface area contributed by atoms with Gasteiger partial charge >= 0.3 is 6.61 Å². The molecule has 1 aliphatic rings. The molecule has 0 saturated heterocycles. The summed E-state index contributed by atoms with van der Waals surface area (Å²) in [5, 5.41) is 0. The van der Waals surface area contributed by atoms with E-state index in [0.29, 0.717) is 5.92 Å². The lowest BCUT2D eigenvalue weighted by atomic mass is 9.78. The van der Waals surface area contributed by atoms with Crippen LogP contribution in [-0.4, -0.2) is 6.61 Å². The molecular weight excluding hydrogens is 248 g/mol. The molecule has 96 valence electrons. The molecule has 0 unspecified atom stereocenters. The average Bonchev–Trinajstić information content (AvgIpc) is 2.15. The fourth-order valence-corrected chi connectivity index (χ4v) is 1.94. The Balaban J connectivity index is 0.00000144. The van der Waals surface area contributed by atoms with Crippen LogP contribution in [0.25, 0.3) is 0 Å². The molecule has 1 atom stereocenters. The van der Waals surface area contributed by atoms with E-state index in [1.54, 1.807) is 24.3 Å². The van der Waals surface area contributed by atoms with Crippen LogP contribution in [-0.2, 0) is 0 Å². The summed E-state index contributed by atoms with van der Waals surface area (Å²) in [4.78, 5) is 0. The summed E-state index contributed by atoms with van der Waals surface area (Å²) in [5.41, 5.74) is 7.05. The first-order valence-corrected chi connectivity index (χ1v) is 5.47. The van der Waals surface area contributed by atoms with Crippen molar-refractivity contribution in [1.82, 2.24) is 0 Å². The lowest BCUT2D eigenvalue weighted by Crippen LogP contribution is -2.26. The van der Waals surface area contributed by atoms with Crippen molar-refractivity contribution in [2.45, 2.75) is 31.9 Å². The number of alkyl halides is 2. The summed E-state index contributed by atoms with van der Waals surface area (Å²) in [6, 6.07) is 6.64. The third kappa shape index (κ3) is 3.54. The van der Waals surface area contributed by atoms with E-state index in [0.717, 1.165) is 18.4 Å². The van der Waals surface area contributed by atoms with Gasteiger partial charge in [-0.15, -0.1) is 12.4 Å². The van der Waals surface area contributed by atoms with E-state index in [1.165, 1.54) is 6.42 Å². The van der Waals surface area contributed by atoms with Gasteiger partial charge in [0.05, 0.1) is 0 Å². The van der Waals surface area contributed by atoms with E-state index in [4.69, 9.17) is 5.73 Å². The summed E-state index contributed by atoms with van der Waals surface area (Å²) in [7, 11) is 0. The van der Waals surface area contributed by atoms with Crippen molar-refractivity contribution in [1.29, 1.82) is 0 Å². The van der Waals surface area contributed by atoms with Crippen molar-refractivity contribution in [3.63, 3.8) is 0 Å². The van der Waals surface area contributed by atoms with Crippen LogP contribution < -0.4 is 10.5 Å². The highest BCUT2D eigenvalue weighted by molar-refractivity contribution is 5.85. The number of halogens is 3. The average molecular weight is 264 g/mol. The van der Waals surface area contributed by atoms with Crippen molar-refractivity contribution < 1.29 is 13.5 Å².